The fraction of sp³-hybridized carbons (Fsp3) is 0.600. The molecule has 0 aliphatic carbocycles. The zero-order valence-electron chi connectivity index (χ0n) is 5.73. The first kappa shape index (κ1) is 9.73. The Morgan fingerprint density at radius 1 is 1.33 bits per heavy atom. The second-order valence-electron chi connectivity index (χ2n) is 1.94. The van der Waals surface area contributed by atoms with Crippen molar-refractivity contribution in [1.29, 1.82) is 0 Å². The molecule has 0 aromatic carbocycles. The van der Waals surface area contributed by atoms with Gasteiger partial charge < -0.3 is 0 Å². The minimum atomic E-state index is -4.39. The SMILES string of the molecule is FC(F)(F)c1nnc(CCCl)s1. The average molecular weight is 217 g/mol. The van der Waals surface area contributed by atoms with Crippen LogP contribution >= 0.6 is 22.9 Å². The molecule has 12 heavy (non-hydrogen) atoms. The summed E-state index contributed by atoms with van der Waals surface area (Å²) in [7, 11) is 0. The van der Waals surface area contributed by atoms with E-state index in [2.05, 4.69) is 10.2 Å². The van der Waals surface area contributed by atoms with Crippen LogP contribution in [0.5, 0.6) is 0 Å². The van der Waals surface area contributed by atoms with Crippen LogP contribution in [-0.4, -0.2) is 16.1 Å². The number of hydrogen-bond donors (Lipinski definition) is 0. The van der Waals surface area contributed by atoms with E-state index in [4.69, 9.17) is 11.6 Å². The predicted molar refractivity (Wildman–Crippen MR) is 39.3 cm³/mol. The Labute approximate surface area is 75.4 Å². The third-order valence-corrected chi connectivity index (χ3v) is 2.23. The fourth-order valence-electron chi connectivity index (χ4n) is 0.550. The van der Waals surface area contributed by atoms with E-state index in [-0.39, 0.29) is 5.88 Å². The molecule has 0 bridgehead atoms. The molecule has 0 unspecified atom stereocenters. The summed E-state index contributed by atoms with van der Waals surface area (Å²) >= 11 is 5.85. The number of aromatic nitrogens is 2. The van der Waals surface area contributed by atoms with Gasteiger partial charge in [0.1, 0.15) is 5.01 Å². The maximum atomic E-state index is 11.9. The molecule has 0 spiro atoms. The second-order valence-corrected chi connectivity index (χ2v) is 3.38. The van der Waals surface area contributed by atoms with Gasteiger partial charge in [0.05, 0.1) is 0 Å². The molecule has 1 rings (SSSR count). The molecule has 0 radical (unpaired) electrons. The molecule has 1 heterocycles. The molecule has 0 aliphatic heterocycles. The van der Waals surface area contributed by atoms with E-state index in [1.165, 1.54) is 0 Å². The van der Waals surface area contributed by atoms with Crippen molar-refractivity contribution >= 4 is 22.9 Å². The van der Waals surface area contributed by atoms with Crippen LogP contribution in [0.3, 0.4) is 0 Å². The highest BCUT2D eigenvalue weighted by atomic mass is 35.5. The Balaban J connectivity index is 2.77. The molecule has 2 nitrogen and oxygen atoms in total. The van der Waals surface area contributed by atoms with E-state index in [1.54, 1.807) is 0 Å². The Morgan fingerprint density at radius 3 is 2.42 bits per heavy atom. The van der Waals surface area contributed by atoms with Crippen molar-refractivity contribution in [2.24, 2.45) is 0 Å². The molecule has 68 valence electrons. The number of alkyl halides is 4. The maximum absolute atomic E-state index is 11.9. The summed E-state index contributed by atoms with van der Waals surface area (Å²) in [4.78, 5) is 0. The zero-order chi connectivity index (χ0) is 9.19. The van der Waals surface area contributed by atoms with Gasteiger partial charge in [-0.05, 0) is 0 Å². The lowest BCUT2D eigenvalue weighted by molar-refractivity contribution is -0.138. The predicted octanol–water partition coefficient (Wildman–Crippen LogP) is 2.34. The molecule has 0 saturated carbocycles. The normalized spacial score (nSPS) is 12.0. The molecule has 0 N–H and O–H groups in total. The van der Waals surface area contributed by atoms with Crippen molar-refractivity contribution in [2.45, 2.75) is 12.6 Å². The number of hydrogen-bond acceptors (Lipinski definition) is 3. The molecule has 0 amide bonds. The number of aryl methyl sites for hydroxylation is 1. The lowest BCUT2D eigenvalue weighted by Gasteiger charge is -1.97. The summed E-state index contributed by atoms with van der Waals surface area (Å²) in [6.45, 7) is 0. The summed E-state index contributed by atoms with van der Waals surface area (Å²) in [5.74, 6) is 0.256. The van der Waals surface area contributed by atoms with Gasteiger partial charge in [-0.25, -0.2) is 0 Å². The minimum Gasteiger partial charge on any atom is -0.164 e. The molecular formula is C5H4ClF3N2S. The fourth-order valence-corrected chi connectivity index (χ4v) is 1.55. The van der Waals surface area contributed by atoms with Crippen molar-refractivity contribution in [3.63, 3.8) is 0 Å². The summed E-state index contributed by atoms with van der Waals surface area (Å²) in [5, 5.41) is 5.73. The van der Waals surface area contributed by atoms with Gasteiger partial charge in [0.15, 0.2) is 0 Å². The highest BCUT2D eigenvalue weighted by molar-refractivity contribution is 7.11. The molecule has 0 aliphatic rings. The van der Waals surface area contributed by atoms with E-state index in [0.29, 0.717) is 22.8 Å². The number of rotatable bonds is 2. The molecular weight excluding hydrogens is 213 g/mol. The lowest BCUT2D eigenvalue weighted by atomic mass is 10.5. The van der Waals surface area contributed by atoms with Crippen LogP contribution < -0.4 is 0 Å². The van der Waals surface area contributed by atoms with Crippen LogP contribution in [0.15, 0.2) is 0 Å². The first-order valence-electron chi connectivity index (χ1n) is 2.99. The van der Waals surface area contributed by atoms with Gasteiger partial charge in [-0.15, -0.1) is 21.8 Å². The van der Waals surface area contributed by atoms with E-state index < -0.39 is 11.2 Å². The van der Waals surface area contributed by atoms with Crippen LogP contribution in [0, 0.1) is 0 Å². The van der Waals surface area contributed by atoms with Gasteiger partial charge in [0, 0.05) is 12.3 Å². The van der Waals surface area contributed by atoms with Gasteiger partial charge in [-0.2, -0.15) is 13.2 Å². The van der Waals surface area contributed by atoms with Crippen LogP contribution in [0.2, 0.25) is 0 Å². The Hall–Kier alpha value is -0.360. The summed E-state index contributed by atoms with van der Waals surface area (Å²) in [6, 6.07) is 0. The summed E-state index contributed by atoms with van der Waals surface area (Å²) in [6.07, 6.45) is -4.06. The van der Waals surface area contributed by atoms with Gasteiger partial charge in [-0.3, -0.25) is 0 Å². The van der Waals surface area contributed by atoms with Crippen molar-refractivity contribution in [3.8, 4) is 0 Å². The molecule has 0 fully saturated rings. The Kier molecular flexibility index (Phi) is 2.89. The number of halogens is 4. The first-order chi connectivity index (χ1) is 5.54. The van der Waals surface area contributed by atoms with Crippen molar-refractivity contribution in [3.05, 3.63) is 10.0 Å². The molecule has 7 heteroatoms. The zero-order valence-corrected chi connectivity index (χ0v) is 7.30. The highest BCUT2D eigenvalue weighted by Crippen LogP contribution is 2.31. The number of nitrogens with zero attached hydrogens (tertiary/aromatic N) is 2. The smallest absolute Gasteiger partial charge is 0.164 e. The van der Waals surface area contributed by atoms with E-state index in [1.807, 2.05) is 0 Å². The van der Waals surface area contributed by atoms with Crippen molar-refractivity contribution < 1.29 is 13.2 Å². The van der Waals surface area contributed by atoms with Gasteiger partial charge in [-0.1, -0.05) is 11.3 Å². The first-order valence-corrected chi connectivity index (χ1v) is 4.34. The Bertz CT molecular complexity index is 259. The average Bonchev–Trinajstić information content (AvgIpc) is 2.35. The van der Waals surface area contributed by atoms with Crippen molar-refractivity contribution in [2.75, 3.05) is 5.88 Å². The third kappa shape index (κ3) is 2.31. The summed E-state index contributed by atoms with van der Waals surface area (Å²) < 4.78 is 35.7. The van der Waals surface area contributed by atoms with Crippen LogP contribution in [0.25, 0.3) is 0 Å². The molecule has 0 saturated heterocycles. The Morgan fingerprint density at radius 2 is 2.00 bits per heavy atom. The lowest BCUT2D eigenvalue weighted by Crippen LogP contribution is -2.03. The van der Waals surface area contributed by atoms with Gasteiger partial charge in [0.2, 0.25) is 5.01 Å². The molecule has 0 atom stereocenters. The van der Waals surface area contributed by atoms with Crippen molar-refractivity contribution in [1.82, 2.24) is 10.2 Å². The van der Waals surface area contributed by atoms with Crippen LogP contribution in [-0.2, 0) is 12.6 Å². The quantitative estimate of drug-likeness (QED) is 0.710. The van der Waals surface area contributed by atoms with Gasteiger partial charge >= 0.3 is 6.18 Å². The van der Waals surface area contributed by atoms with Crippen LogP contribution in [0.1, 0.15) is 10.0 Å². The second kappa shape index (κ2) is 3.57. The monoisotopic (exact) mass is 216 g/mol. The van der Waals surface area contributed by atoms with E-state index >= 15 is 0 Å². The van der Waals surface area contributed by atoms with Gasteiger partial charge in [0.25, 0.3) is 0 Å². The van der Waals surface area contributed by atoms with Crippen LogP contribution in [0.4, 0.5) is 13.2 Å². The highest BCUT2D eigenvalue weighted by Gasteiger charge is 2.35. The maximum Gasteiger partial charge on any atom is 0.445 e. The topological polar surface area (TPSA) is 25.8 Å². The largest absolute Gasteiger partial charge is 0.445 e. The summed E-state index contributed by atoms with van der Waals surface area (Å²) in [5.41, 5.74) is 0. The van der Waals surface area contributed by atoms with E-state index in [0.717, 1.165) is 0 Å². The molecule has 1 aromatic rings. The van der Waals surface area contributed by atoms with E-state index in [9.17, 15) is 13.2 Å². The minimum absolute atomic E-state index is 0.256. The third-order valence-electron chi connectivity index (χ3n) is 1.02. The standard InChI is InChI=1S/C5H4ClF3N2S/c6-2-1-3-10-11-4(12-3)5(7,8)9/h1-2H2. The molecule has 1 aromatic heterocycles.